The molecule has 0 aliphatic rings. The first-order chi connectivity index (χ1) is 9.58. The maximum atomic E-state index is 12.8. The van der Waals surface area contributed by atoms with Crippen molar-refractivity contribution < 1.29 is 23.5 Å². The highest BCUT2D eigenvalue weighted by molar-refractivity contribution is 5.83. The van der Waals surface area contributed by atoms with Gasteiger partial charge in [0.15, 0.2) is 6.10 Å². The molecule has 0 aromatic heterocycles. The van der Waals surface area contributed by atoms with Crippen molar-refractivity contribution in [2.24, 2.45) is 0 Å². The summed E-state index contributed by atoms with van der Waals surface area (Å²) in [5.41, 5.74) is 0.545. The van der Waals surface area contributed by atoms with Crippen molar-refractivity contribution in [2.45, 2.75) is 6.10 Å². The Labute approximate surface area is 116 Å². The van der Waals surface area contributed by atoms with E-state index in [2.05, 4.69) is 10.1 Å². The highest BCUT2D eigenvalue weighted by Gasteiger charge is 2.19. The molecule has 0 fully saturated rings. The van der Waals surface area contributed by atoms with E-state index in [-0.39, 0.29) is 18.3 Å². The Kier molecular flexibility index (Phi) is 6.39. The lowest BCUT2D eigenvalue weighted by molar-refractivity contribution is -0.135. The maximum Gasteiger partial charge on any atom is 0.330 e. The Morgan fingerprint density at radius 2 is 1.95 bits per heavy atom. The summed E-state index contributed by atoms with van der Waals surface area (Å²) in [6, 6.07) is 5.47. The molecule has 1 aromatic rings. The molecule has 5 nitrogen and oxygen atoms in total. The van der Waals surface area contributed by atoms with Crippen molar-refractivity contribution >= 4 is 11.9 Å². The second kappa shape index (κ2) is 8.06. The van der Waals surface area contributed by atoms with Gasteiger partial charge in [-0.1, -0.05) is 18.2 Å². The van der Waals surface area contributed by atoms with Crippen LogP contribution in [-0.2, 0) is 19.1 Å². The predicted molar refractivity (Wildman–Crippen MR) is 70.3 cm³/mol. The SMILES string of the molecule is COC(=O)/C=C/CNC(=O)C(OC)c1ccc(F)cc1. The summed E-state index contributed by atoms with van der Waals surface area (Å²) in [4.78, 5) is 22.7. The zero-order valence-corrected chi connectivity index (χ0v) is 11.3. The number of ether oxygens (including phenoxy) is 2. The molecule has 0 saturated carbocycles. The number of rotatable bonds is 6. The number of esters is 1. The number of hydrogen-bond donors (Lipinski definition) is 1. The number of amides is 1. The minimum atomic E-state index is -0.831. The topological polar surface area (TPSA) is 64.6 Å². The zero-order chi connectivity index (χ0) is 15.0. The third-order valence-corrected chi connectivity index (χ3v) is 2.50. The second-order valence-corrected chi connectivity index (χ2v) is 3.84. The molecule has 0 heterocycles. The summed E-state index contributed by atoms with van der Waals surface area (Å²) < 4.78 is 22.3. The van der Waals surface area contributed by atoms with Crippen molar-refractivity contribution in [2.75, 3.05) is 20.8 Å². The quantitative estimate of drug-likeness (QED) is 0.631. The number of hydrogen-bond acceptors (Lipinski definition) is 4. The molecule has 1 aromatic carbocycles. The molecule has 0 saturated heterocycles. The number of halogens is 1. The molecule has 1 rings (SSSR count). The van der Waals surface area contributed by atoms with Gasteiger partial charge >= 0.3 is 5.97 Å². The summed E-state index contributed by atoms with van der Waals surface area (Å²) in [7, 11) is 2.65. The molecule has 0 aliphatic carbocycles. The van der Waals surface area contributed by atoms with E-state index < -0.39 is 12.1 Å². The van der Waals surface area contributed by atoms with Crippen LogP contribution in [0.25, 0.3) is 0 Å². The van der Waals surface area contributed by atoms with Gasteiger partial charge in [0.1, 0.15) is 5.82 Å². The Bertz CT molecular complexity index is 484. The summed E-state index contributed by atoms with van der Waals surface area (Å²) in [5, 5.41) is 2.57. The molecule has 0 aliphatic heterocycles. The molecule has 0 radical (unpaired) electrons. The van der Waals surface area contributed by atoms with Gasteiger partial charge in [-0.3, -0.25) is 4.79 Å². The summed E-state index contributed by atoms with van der Waals surface area (Å²) in [6.07, 6.45) is 1.84. The Morgan fingerprint density at radius 1 is 1.30 bits per heavy atom. The normalized spacial score (nSPS) is 12.2. The van der Waals surface area contributed by atoms with Gasteiger partial charge in [-0.15, -0.1) is 0 Å². The number of methoxy groups -OCH3 is 2. The van der Waals surface area contributed by atoms with Gasteiger partial charge < -0.3 is 14.8 Å². The van der Waals surface area contributed by atoms with Crippen LogP contribution in [0.5, 0.6) is 0 Å². The van der Waals surface area contributed by atoms with Crippen LogP contribution >= 0.6 is 0 Å². The van der Waals surface area contributed by atoms with Gasteiger partial charge in [-0.05, 0) is 17.7 Å². The van der Waals surface area contributed by atoms with Gasteiger partial charge in [0.25, 0.3) is 5.91 Å². The maximum absolute atomic E-state index is 12.8. The standard InChI is InChI=1S/C14H16FNO4/c1-19-12(17)4-3-9-16-14(18)13(20-2)10-5-7-11(15)8-6-10/h3-8,13H,9H2,1-2H3,(H,16,18)/b4-3+. The Balaban J connectivity index is 2.57. The predicted octanol–water partition coefficient (Wildman–Crippen LogP) is 1.36. The highest BCUT2D eigenvalue weighted by Crippen LogP contribution is 2.17. The number of carbonyl (C=O) groups excluding carboxylic acids is 2. The number of carbonyl (C=O) groups is 2. The lowest BCUT2D eigenvalue weighted by Gasteiger charge is -2.14. The van der Waals surface area contributed by atoms with Gasteiger partial charge in [-0.2, -0.15) is 0 Å². The molecule has 1 N–H and O–H groups in total. The van der Waals surface area contributed by atoms with Crippen molar-refractivity contribution in [3.05, 3.63) is 47.8 Å². The molecule has 20 heavy (non-hydrogen) atoms. The van der Waals surface area contributed by atoms with Crippen LogP contribution < -0.4 is 5.32 Å². The van der Waals surface area contributed by atoms with Gasteiger partial charge in [0, 0.05) is 19.7 Å². The average molecular weight is 281 g/mol. The van der Waals surface area contributed by atoms with Crippen molar-refractivity contribution in [1.29, 1.82) is 0 Å². The first-order valence-electron chi connectivity index (χ1n) is 5.89. The fraction of sp³-hybridized carbons (Fsp3) is 0.286. The fourth-order valence-corrected chi connectivity index (χ4v) is 1.51. The zero-order valence-electron chi connectivity index (χ0n) is 11.3. The van der Waals surface area contributed by atoms with E-state index in [0.29, 0.717) is 5.56 Å². The number of benzene rings is 1. The summed E-state index contributed by atoms with van der Waals surface area (Å²) in [6.45, 7) is 0.162. The molecular formula is C14H16FNO4. The van der Waals surface area contributed by atoms with Gasteiger partial charge in [-0.25, -0.2) is 9.18 Å². The van der Waals surface area contributed by atoms with Gasteiger partial charge in [0.05, 0.1) is 7.11 Å². The van der Waals surface area contributed by atoms with Crippen LogP contribution in [-0.4, -0.2) is 32.6 Å². The van der Waals surface area contributed by atoms with Crippen LogP contribution in [0.3, 0.4) is 0 Å². The lowest BCUT2D eigenvalue weighted by atomic mass is 10.1. The summed E-state index contributed by atoms with van der Waals surface area (Å²) in [5.74, 6) is -1.26. The minimum absolute atomic E-state index is 0.162. The first kappa shape index (κ1) is 15.8. The van der Waals surface area contributed by atoms with E-state index in [1.54, 1.807) is 0 Å². The van der Waals surface area contributed by atoms with Crippen molar-refractivity contribution in [1.82, 2.24) is 5.32 Å². The van der Waals surface area contributed by atoms with E-state index in [4.69, 9.17) is 4.74 Å². The van der Waals surface area contributed by atoms with Crippen LogP contribution in [0.2, 0.25) is 0 Å². The highest BCUT2D eigenvalue weighted by atomic mass is 19.1. The van der Waals surface area contributed by atoms with E-state index in [0.717, 1.165) is 0 Å². The Hall–Kier alpha value is -2.21. The lowest BCUT2D eigenvalue weighted by Crippen LogP contribution is -2.30. The Morgan fingerprint density at radius 3 is 2.50 bits per heavy atom. The van der Waals surface area contributed by atoms with E-state index >= 15 is 0 Å². The van der Waals surface area contributed by atoms with Crippen LogP contribution in [0, 0.1) is 5.82 Å². The molecular weight excluding hydrogens is 265 g/mol. The van der Waals surface area contributed by atoms with Crippen LogP contribution in [0.1, 0.15) is 11.7 Å². The molecule has 1 atom stereocenters. The average Bonchev–Trinajstić information content (AvgIpc) is 2.46. The second-order valence-electron chi connectivity index (χ2n) is 3.84. The van der Waals surface area contributed by atoms with Crippen LogP contribution in [0.15, 0.2) is 36.4 Å². The molecule has 0 spiro atoms. The van der Waals surface area contributed by atoms with Crippen molar-refractivity contribution in [3.8, 4) is 0 Å². The molecule has 1 amide bonds. The third-order valence-electron chi connectivity index (χ3n) is 2.50. The smallest absolute Gasteiger partial charge is 0.330 e. The van der Waals surface area contributed by atoms with Crippen molar-refractivity contribution in [3.63, 3.8) is 0 Å². The minimum Gasteiger partial charge on any atom is -0.466 e. The molecule has 0 bridgehead atoms. The monoisotopic (exact) mass is 281 g/mol. The number of nitrogens with one attached hydrogen (secondary N) is 1. The molecule has 1 unspecified atom stereocenters. The molecule has 6 heteroatoms. The molecule has 108 valence electrons. The van der Waals surface area contributed by atoms with E-state index in [9.17, 15) is 14.0 Å². The fourth-order valence-electron chi connectivity index (χ4n) is 1.51. The summed E-state index contributed by atoms with van der Waals surface area (Å²) >= 11 is 0. The first-order valence-corrected chi connectivity index (χ1v) is 5.89. The van der Waals surface area contributed by atoms with Crippen LogP contribution in [0.4, 0.5) is 4.39 Å². The third kappa shape index (κ3) is 4.81. The van der Waals surface area contributed by atoms with E-state index in [1.807, 2.05) is 0 Å². The largest absolute Gasteiger partial charge is 0.466 e. The van der Waals surface area contributed by atoms with Gasteiger partial charge in [0.2, 0.25) is 0 Å². The van der Waals surface area contributed by atoms with E-state index in [1.165, 1.54) is 50.6 Å².